The highest BCUT2D eigenvalue weighted by Gasteiger charge is 2.19. The van der Waals surface area contributed by atoms with Gasteiger partial charge in [0.25, 0.3) is 0 Å². The lowest BCUT2D eigenvalue weighted by Gasteiger charge is -2.18. The fraction of sp³-hybridized carbons (Fsp3) is 0.333. The molecule has 4 heteroatoms. The molecule has 0 aromatic carbocycles. The quantitative estimate of drug-likeness (QED) is 0.818. The normalized spacial score (nSPS) is 19.4. The predicted octanol–water partition coefficient (Wildman–Crippen LogP) is 2.24. The summed E-state index contributed by atoms with van der Waals surface area (Å²) in [4.78, 5) is 10.4. The number of fused-ring (bicyclic) bond motifs is 1. The van der Waals surface area contributed by atoms with Crippen LogP contribution in [0.5, 0.6) is 0 Å². The molecule has 1 atom stereocenters. The van der Waals surface area contributed by atoms with E-state index < -0.39 is 0 Å². The molecular weight excluding hydrogens is 218 g/mol. The molecule has 0 saturated carbocycles. The van der Waals surface area contributed by atoms with E-state index in [0.29, 0.717) is 6.04 Å². The summed E-state index contributed by atoms with van der Waals surface area (Å²) in [5.41, 5.74) is 2.23. The molecule has 16 heavy (non-hydrogen) atoms. The first kappa shape index (κ1) is 9.93. The van der Waals surface area contributed by atoms with Gasteiger partial charge in [0.05, 0.1) is 11.4 Å². The summed E-state index contributed by atoms with van der Waals surface area (Å²) in [6.07, 6.45) is 2.84. The highest BCUT2D eigenvalue weighted by Crippen LogP contribution is 2.29. The van der Waals surface area contributed by atoms with Crippen LogP contribution in [0.1, 0.15) is 17.5 Å². The summed E-state index contributed by atoms with van der Waals surface area (Å²) >= 11 is 1.75. The van der Waals surface area contributed by atoms with Gasteiger partial charge in [-0.1, -0.05) is 6.07 Å². The van der Waals surface area contributed by atoms with E-state index in [0.717, 1.165) is 23.7 Å². The van der Waals surface area contributed by atoms with Crippen LogP contribution in [0.3, 0.4) is 0 Å². The van der Waals surface area contributed by atoms with Gasteiger partial charge in [0.2, 0.25) is 0 Å². The SMILES string of the molecule is CC1Cc2nc(-c3ccccn3)sc2CN1. The molecule has 0 amide bonds. The summed E-state index contributed by atoms with van der Waals surface area (Å²) in [6.45, 7) is 3.14. The minimum absolute atomic E-state index is 0.534. The molecule has 3 rings (SSSR count). The first-order valence-electron chi connectivity index (χ1n) is 5.46. The highest BCUT2D eigenvalue weighted by atomic mass is 32.1. The number of pyridine rings is 1. The molecule has 0 radical (unpaired) electrons. The summed E-state index contributed by atoms with van der Waals surface area (Å²) in [5.74, 6) is 0. The summed E-state index contributed by atoms with van der Waals surface area (Å²) in [6, 6.07) is 6.48. The van der Waals surface area contributed by atoms with E-state index in [1.54, 1.807) is 11.3 Å². The van der Waals surface area contributed by atoms with Crippen LogP contribution >= 0.6 is 11.3 Å². The molecule has 82 valence electrons. The van der Waals surface area contributed by atoms with Crippen molar-refractivity contribution in [1.29, 1.82) is 0 Å². The maximum Gasteiger partial charge on any atom is 0.142 e. The van der Waals surface area contributed by atoms with Crippen LogP contribution in [0.4, 0.5) is 0 Å². The van der Waals surface area contributed by atoms with E-state index in [1.165, 1.54) is 10.6 Å². The average molecular weight is 231 g/mol. The Labute approximate surface area is 98.6 Å². The van der Waals surface area contributed by atoms with Gasteiger partial charge in [0.15, 0.2) is 0 Å². The molecule has 0 fully saturated rings. The fourth-order valence-electron chi connectivity index (χ4n) is 1.91. The summed E-state index contributed by atoms with van der Waals surface area (Å²) in [5, 5.41) is 4.50. The third kappa shape index (κ3) is 1.74. The second-order valence-corrected chi connectivity index (χ2v) is 5.17. The van der Waals surface area contributed by atoms with E-state index in [1.807, 2.05) is 24.4 Å². The smallest absolute Gasteiger partial charge is 0.142 e. The van der Waals surface area contributed by atoms with E-state index in [4.69, 9.17) is 0 Å². The molecule has 2 aromatic heterocycles. The number of hydrogen-bond acceptors (Lipinski definition) is 4. The van der Waals surface area contributed by atoms with Crippen LogP contribution in [-0.2, 0) is 13.0 Å². The van der Waals surface area contributed by atoms with Crippen molar-refractivity contribution in [3.05, 3.63) is 35.0 Å². The molecule has 0 bridgehead atoms. The Balaban J connectivity index is 1.99. The Morgan fingerprint density at radius 2 is 2.38 bits per heavy atom. The fourth-order valence-corrected chi connectivity index (χ4v) is 2.93. The second-order valence-electron chi connectivity index (χ2n) is 4.09. The third-order valence-electron chi connectivity index (χ3n) is 2.77. The van der Waals surface area contributed by atoms with Crippen molar-refractivity contribution >= 4 is 11.3 Å². The van der Waals surface area contributed by atoms with E-state index in [2.05, 4.69) is 22.2 Å². The van der Waals surface area contributed by atoms with Crippen molar-refractivity contribution in [2.75, 3.05) is 0 Å². The van der Waals surface area contributed by atoms with Gasteiger partial charge < -0.3 is 5.32 Å². The molecule has 1 N–H and O–H groups in total. The van der Waals surface area contributed by atoms with Crippen molar-refractivity contribution in [2.24, 2.45) is 0 Å². The summed E-state index contributed by atoms with van der Waals surface area (Å²) < 4.78 is 0. The van der Waals surface area contributed by atoms with Gasteiger partial charge in [-0.25, -0.2) is 4.98 Å². The average Bonchev–Trinajstić information content (AvgIpc) is 2.73. The Morgan fingerprint density at radius 3 is 3.19 bits per heavy atom. The molecular formula is C12H13N3S. The van der Waals surface area contributed by atoms with Gasteiger partial charge in [-0.15, -0.1) is 11.3 Å². The lowest BCUT2D eigenvalue weighted by atomic mass is 10.1. The van der Waals surface area contributed by atoms with Crippen LogP contribution in [0.2, 0.25) is 0 Å². The Morgan fingerprint density at radius 1 is 1.44 bits per heavy atom. The zero-order valence-electron chi connectivity index (χ0n) is 9.10. The molecule has 1 aliphatic heterocycles. The number of rotatable bonds is 1. The first-order valence-corrected chi connectivity index (χ1v) is 6.28. The molecule has 1 aliphatic rings. The monoisotopic (exact) mass is 231 g/mol. The van der Waals surface area contributed by atoms with Crippen molar-refractivity contribution in [2.45, 2.75) is 25.9 Å². The minimum Gasteiger partial charge on any atom is -0.309 e. The molecule has 2 aromatic rings. The molecule has 0 spiro atoms. The Bertz CT molecular complexity index is 492. The van der Waals surface area contributed by atoms with Crippen LogP contribution in [0.25, 0.3) is 10.7 Å². The topological polar surface area (TPSA) is 37.8 Å². The third-order valence-corrected chi connectivity index (χ3v) is 3.89. The summed E-state index contributed by atoms with van der Waals surface area (Å²) in [7, 11) is 0. The Hall–Kier alpha value is -1.26. The zero-order valence-corrected chi connectivity index (χ0v) is 9.92. The van der Waals surface area contributed by atoms with Crippen molar-refractivity contribution in [1.82, 2.24) is 15.3 Å². The first-order chi connectivity index (χ1) is 7.83. The van der Waals surface area contributed by atoms with Crippen LogP contribution in [-0.4, -0.2) is 16.0 Å². The number of nitrogens with one attached hydrogen (secondary N) is 1. The van der Waals surface area contributed by atoms with Gasteiger partial charge in [-0.2, -0.15) is 0 Å². The molecule has 0 saturated heterocycles. The van der Waals surface area contributed by atoms with Crippen molar-refractivity contribution < 1.29 is 0 Å². The minimum atomic E-state index is 0.534. The van der Waals surface area contributed by atoms with Gasteiger partial charge in [0, 0.05) is 30.1 Å². The Kier molecular flexibility index (Phi) is 2.46. The van der Waals surface area contributed by atoms with Crippen molar-refractivity contribution in [3.63, 3.8) is 0 Å². The van der Waals surface area contributed by atoms with Gasteiger partial charge in [0.1, 0.15) is 5.01 Å². The number of nitrogens with zero attached hydrogens (tertiary/aromatic N) is 2. The second kappa shape index (κ2) is 3.96. The predicted molar refractivity (Wildman–Crippen MR) is 65.4 cm³/mol. The van der Waals surface area contributed by atoms with Gasteiger partial charge in [-0.05, 0) is 19.1 Å². The molecule has 0 aliphatic carbocycles. The van der Waals surface area contributed by atoms with E-state index in [9.17, 15) is 0 Å². The number of hydrogen-bond donors (Lipinski definition) is 1. The van der Waals surface area contributed by atoms with Crippen LogP contribution in [0, 0.1) is 0 Å². The highest BCUT2D eigenvalue weighted by molar-refractivity contribution is 7.15. The standard InChI is InChI=1S/C12H13N3S/c1-8-6-10-11(7-14-8)16-12(15-10)9-4-2-3-5-13-9/h2-5,8,14H,6-7H2,1H3. The molecule has 3 nitrogen and oxygen atoms in total. The molecule has 1 unspecified atom stereocenters. The number of thiazole rings is 1. The lowest BCUT2D eigenvalue weighted by molar-refractivity contribution is 0.513. The van der Waals surface area contributed by atoms with E-state index in [-0.39, 0.29) is 0 Å². The van der Waals surface area contributed by atoms with Gasteiger partial charge in [-0.3, -0.25) is 4.98 Å². The largest absolute Gasteiger partial charge is 0.309 e. The zero-order chi connectivity index (χ0) is 11.0. The molecule has 3 heterocycles. The lowest BCUT2D eigenvalue weighted by Crippen LogP contribution is -2.32. The maximum atomic E-state index is 4.69. The van der Waals surface area contributed by atoms with E-state index >= 15 is 0 Å². The van der Waals surface area contributed by atoms with Gasteiger partial charge >= 0.3 is 0 Å². The maximum absolute atomic E-state index is 4.69. The van der Waals surface area contributed by atoms with Crippen LogP contribution < -0.4 is 5.32 Å². The van der Waals surface area contributed by atoms with Crippen LogP contribution in [0.15, 0.2) is 24.4 Å². The van der Waals surface area contributed by atoms with Crippen molar-refractivity contribution in [3.8, 4) is 10.7 Å². The number of aromatic nitrogens is 2.